The zero-order valence-corrected chi connectivity index (χ0v) is 14.6. The number of thiazole rings is 1. The van der Waals surface area contributed by atoms with E-state index in [2.05, 4.69) is 11.6 Å². The summed E-state index contributed by atoms with van der Waals surface area (Å²) in [5.74, 6) is 0.189. The normalized spacial score (nSPS) is 14.4. The van der Waals surface area contributed by atoms with Crippen LogP contribution in [0, 0.1) is 16.0 Å². The van der Waals surface area contributed by atoms with E-state index in [1.165, 1.54) is 23.5 Å². The number of carbonyl (C=O) groups is 1. The predicted octanol–water partition coefficient (Wildman–Crippen LogP) is 4.43. The summed E-state index contributed by atoms with van der Waals surface area (Å²) in [4.78, 5) is 29.4. The number of anilines is 1. The van der Waals surface area contributed by atoms with Crippen LogP contribution in [0.1, 0.15) is 25.7 Å². The Bertz CT molecular complexity index is 779. The molecule has 0 radical (unpaired) electrons. The van der Waals surface area contributed by atoms with Gasteiger partial charge in [0.25, 0.3) is 5.69 Å². The molecule has 1 heterocycles. The maximum absolute atomic E-state index is 12.8. The van der Waals surface area contributed by atoms with Gasteiger partial charge in [-0.15, -0.1) is 17.9 Å². The molecule has 130 valence electrons. The number of nitrogens with zero attached hydrogens (tertiary/aromatic N) is 3. The van der Waals surface area contributed by atoms with Crippen molar-refractivity contribution in [3.8, 4) is 11.3 Å². The fourth-order valence-electron chi connectivity index (χ4n) is 3.06. The van der Waals surface area contributed by atoms with Crippen molar-refractivity contribution in [3.63, 3.8) is 0 Å². The second-order valence-electron chi connectivity index (χ2n) is 6.04. The van der Waals surface area contributed by atoms with Gasteiger partial charge in [0.2, 0.25) is 5.91 Å². The van der Waals surface area contributed by atoms with Crippen molar-refractivity contribution < 1.29 is 9.72 Å². The van der Waals surface area contributed by atoms with E-state index < -0.39 is 4.92 Å². The van der Waals surface area contributed by atoms with E-state index in [9.17, 15) is 14.9 Å². The van der Waals surface area contributed by atoms with Crippen LogP contribution < -0.4 is 4.90 Å². The molecule has 0 saturated heterocycles. The summed E-state index contributed by atoms with van der Waals surface area (Å²) in [5.41, 5.74) is 1.55. The number of non-ortho nitro benzene ring substituents is 1. The van der Waals surface area contributed by atoms with Gasteiger partial charge in [0.1, 0.15) is 0 Å². The average molecular weight is 357 g/mol. The summed E-state index contributed by atoms with van der Waals surface area (Å²) >= 11 is 1.40. The van der Waals surface area contributed by atoms with Gasteiger partial charge in [-0.2, -0.15) is 0 Å². The van der Waals surface area contributed by atoms with Gasteiger partial charge in [-0.25, -0.2) is 4.98 Å². The Balaban J connectivity index is 1.83. The first-order valence-corrected chi connectivity index (χ1v) is 9.10. The zero-order valence-electron chi connectivity index (χ0n) is 13.8. The minimum Gasteiger partial charge on any atom is -0.284 e. The Kier molecular flexibility index (Phi) is 5.23. The Morgan fingerprint density at radius 2 is 2.04 bits per heavy atom. The SMILES string of the molecule is C=CCN(C(=O)C1CCCC1)c1nc(-c2ccc([N+](=O)[O-])cc2)cs1. The van der Waals surface area contributed by atoms with Gasteiger partial charge in [-0.3, -0.25) is 19.8 Å². The first kappa shape index (κ1) is 17.3. The first-order chi connectivity index (χ1) is 12.1. The topological polar surface area (TPSA) is 76.3 Å². The average Bonchev–Trinajstić information content (AvgIpc) is 3.31. The maximum Gasteiger partial charge on any atom is 0.269 e. The van der Waals surface area contributed by atoms with E-state index in [-0.39, 0.29) is 17.5 Å². The van der Waals surface area contributed by atoms with Crippen molar-refractivity contribution in [1.82, 2.24) is 4.98 Å². The van der Waals surface area contributed by atoms with Crippen molar-refractivity contribution in [3.05, 3.63) is 52.4 Å². The Morgan fingerprint density at radius 1 is 1.36 bits per heavy atom. The zero-order chi connectivity index (χ0) is 17.8. The standard InChI is InChI=1S/C18H19N3O3S/c1-2-11-20(17(22)14-5-3-4-6-14)18-19-16(12-25-18)13-7-9-15(10-8-13)21(23)24/h2,7-10,12,14H,1,3-6,11H2. The number of hydrogen-bond acceptors (Lipinski definition) is 5. The van der Waals surface area contributed by atoms with Crippen molar-refractivity contribution in [1.29, 1.82) is 0 Å². The van der Waals surface area contributed by atoms with Gasteiger partial charge >= 0.3 is 0 Å². The van der Waals surface area contributed by atoms with E-state index >= 15 is 0 Å². The number of carbonyl (C=O) groups excluding carboxylic acids is 1. The Morgan fingerprint density at radius 3 is 2.64 bits per heavy atom. The predicted molar refractivity (Wildman–Crippen MR) is 98.7 cm³/mol. The molecule has 1 aliphatic rings. The molecule has 6 nitrogen and oxygen atoms in total. The van der Waals surface area contributed by atoms with Crippen LogP contribution in [0.3, 0.4) is 0 Å². The molecular formula is C18H19N3O3S. The number of nitro benzene ring substituents is 1. The molecule has 0 atom stereocenters. The maximum atomic E-state index is 12.8. The van der Waals surface area contributed by atoms with Gasteiger partial charge in [-0.1, -0.05) is 18.9 Å². The van der Waals surface area contributed by atoms with Gasteiger partial charge in [0, 0.05) is 35.5 Å². The highest BCUT2D eigenvalue weighted by Crippen LogP contribution is 2.32. The van der Waals surface area contributed by atoms with Crippen LogP contribution in [0.2, 0.25) is 0 Å². The van der Waals surface area contributed by atoms with Crippen molar-refractivity contribution >= 4 is 28.1 Å². The smallest absolute Gasteiger partial charge is 0.269 e. The molecule has 0 unspecified atom stereocenters. The lowest BCUT2D eigenvalue weighted by Crippen LogP contribution is -2.35. The molecule has 7 heteroatoms. The lowest BCUT2D eigenvalue weighted by atomic mass is 10.1. The van der Waals surface area contributed by atoms with Crippen molar-refractivity contribution in [2.24, 2.45) is 5.92 Å². The third-order valence-corrected chi connectivity index (χ3v) is 5.24. The number of rotatable bonds is 6. The molecule has 1 aliphatic carbocycles. The highest BCUT2D eigenvalue weighted by atomic mass is 32.1. The summed E-state index contributed by atoms with van der Waals surface area (Å²) in [6.45, 7) is 4.18. The lowest BCUT2D eigenvalue weighted by Gasteiger charge is -2.21. The number of amides is 1. The molecular weight excluding hydrogens is 338 g/mol. The lowest BCUT2D eigenvalue weighted by molar-refractivity contribution is -0.384. The van der Waals surface area contributed by atoms with Crippen molar-refractivity contribution in [2.45, 2.75) is 25.7 Å². The molecule has 0 N–H and O–H groups in total. The van der Waals surface area contributed by atoms with E-state index in [1.807, 2.05) is 5.38 Å². The summed E-state index contributed by atoms with van der Waals surface area (Å²) in [7, 11) is 0. The summed E-state index contributed by atoms with van der Waals surface area (Å²) in [5, 5.41) is 13.3. The van der Waals surface area contributed by atoms with Gasteiger partial charge in [0.05, 0.1) is 10.6 Å². The largest absolute Gasteiger partial charge is 0.284 e. The van der Waals surface area contributed by atoms with Crippen LogP contribution in [0.15, 0.2) is 42.3 Å². The number of nitro groups is 1. The Labute approximate surface area is 150 Å². The van der Waals surface area contributed by atoms with Crippen molar-refractivity contribution in [2.75, 3.05) is 11.4 Å². The molecule has 0 bridgehead atoms. The third kappa shape index (κ3) is 3.76. The fraction of sp³-hybridized carbons (Fsp3) is 0.333. The minimum absolute atomic E-state index is 0.0453. The molecule has 1 amide bonds. The summed E-state index contributed by atoms with van der Waals surface area (Å²) in [6.07, 6.45) is 5.79. The van der Waals surface area contributed by atoms with E-state index in [1.54, 1.807) is 23.1 Å². The fourth-order valence-corrected chi connectivity index (χ4v) is 3.91. The van der Waals surface area contributed by atoms with Crippen LogP contribution in [-0.2, 0) is 4.79 Å². The second kappa shape index (κ2) is 7.57. The molecule has 1 aromatic heterocycles. The number of benzene rings is 1. The number of aromatic nitrogens is 1. The summed E-state index contributed by atoms with van der Waals surface area (Å²) < 4.78 is 0. The molecule has 1 fully saturated rings. The molecule has 3 rings (SSSR count). The molecule has 25 heavy (non-hydrogen) atoms. The monoisotopic (exact) mass is 357 g/mol. The van der Waals surface area contributed by atoms with E-state index in [0.29, 0.717) is 17.4 Å². The quantitative estimate of drug-likeness (QED) is 0.435. The second-order valence-corrected chi connectivity index (χ2v) is 6.87. The molecule has 1 aromatic carbocycles. The van der Waals surface area contributed by atoms with Crippen LogP contribution >= 0.6 is 11.3 Å². The van der Waals surface area contributed by atoms with Crippen LogP contribution in [0.4, 0.5) is 10.8 Å². The van der Waals surface area contributed by atoms with Crippen LogP contribution in [0.25, 0.3) is 11.3 Å². The molecule has 2 aromatic rings. The van der Waals surface area contributed by atoms with E-state index in [0.717, 1.165) is 31.2 Å². The molecule has 0 spiro atoms. The van der Waals surface area contributed by atoms with Crippen LogP contribution in [-0.4, -0.2) is 22.4 Å². The van der Waals surface area contributed by atoms with E-state index in [4.69, 9.17) is 0 Å². The highest BCUT2D eigenvalue weighted by Gasteiger charge is 2.29. The highest BCUT2D eigenvalue weighted by molar-refractivity contribution is 7.14. The Hall–Kier alpha value is -2.54. The number of hydrogen-bond donors (Lipinski definition) is 0. The van der Waals surface area contributed by atoms with Gasteiger partial charge < -0.3 is 0 Å². The molecule has 1 saturated carbocycles. The summed E-state index contributed by atoms with van der Waals surface area (Å²) in [6, 6.07) is 6.26. The van der Waals surface area contributed by atoms with Gasteiger partial charge in [0.15, 0.2) is 5.13 Å². The van der Waals surface area contributed by atoms with Crippen LogP contribution in [0.5, 0.6) is 0 Å². The molecule has 0 aliphatic heterocycles. The third-order valence-electron chi connectivity index (χ3n) is 4.38. The minimum atomic E-state index is -0.428. The first-order valence-electron chi connectivity index (χ1n) is 8.23. The van der Waals surface area contributed by atoms with Gasteiger partial charge in [-0.05, 0) is 25.0 Å².